The molecule has 0 radical (unpaired) electrons. The first-order valence-electron chi connectivity index (χ1n) is 8.14. The molecule has 3 aliphatic carbocycles. The topological polar surface area (TPSA) is 66.8 Å². The van der Waals surface area contributed by atoms with Crippen LogP contribution in [0.3, 0.4) is 0 Å². The van der Waals surface area contributed by atoms with Crippen molar-refractivity contribution in [1.82, 2.24) is 5.06 Å². The zero-order chi connectivity index (χ0) is 14.6. The van der Waals surface area contributed by atoms with Crippen LogP contribution in [0.15, 0.2) is 0 Å². The Hall–Kier alpha value is -0.780. The summed E-state index contributed by atoms with van der Waals surface area (Å²) in [6, 6.07) is 0.0979. The van der Waals surface area contributed by atoms with Crippen molar-refractivity contribution < 1.29 is 19.5 Å². The number of carbonyl (C=O) groups is 2. The summed E-state index contributed by atoms with van der Waals surface area (Å²) in [5.41, 5.74) is -2.09. The molecule has 2 bridgehead atoms. The Kier molecular flexibility index (Phi) is 2.07. The van der Waals surface area contributed by atoms with E-state index in [4.69, 9.17) is 4.84 Å². The van der Waals surface area contributed by atoms with Crippen LogP contribution in [-0.4, -0.2) is 46.0 Å². The highest BCUT2D eigenvalue weighted by Crippen LogP contribution is 2.73. The van der Waals surface area contributed by atoms with Gasteiger partial charge in [-0.3, -0.25) is 14.4 Å². The predicted molar refractivity (Wildman–Crippen MR) is 72.1 cm³/mol. The molecule has 2 saturated heterocycles. The minimum absolute atomic E-state index is 0.00963. The molecule has 0 aromatic rings. The monoisotopic (exact) mass is 291 g/mol. The Labute approximate surface area is 123 Å². The second-order valence-electron chi connectivity index (χ2n) is 8.04. The van der Waals surface area contributed by atoms with Gasteiger partial charge in [0.2, 0.25) is 0 Å². The summed E-state index contributed by atoms with van der Waals surface area (Å²) in [5, 5.41) is 12.4. The van der Waals surface area contributed by atoms with Crippen LogP contribution >= 0.6 is 0 Å². The van der Waals surface area contributed by atoms with Crippen LogP contribution in [0.1, 0.15) is 45.4 Å². The fourth-order valence-corrected chi connectivity index (χ4v) is 6.70. The number of hydrogen-bond acceptors (Lipinski definition) is 5. The van der Waals surface area contributed by atoms with E-state index in [1.807, 2.05) is 5.06 Å². The zero-order valence-corrected chi connectivity index (χ0v) is 12.3. The van der Waals surface area contributed by atoms with E-state index < -0.39 is 16.4 Å². The molecule has 5 fully saturated rings. The van der Waals surface area contributed by atoms with Crippen molar-refractivity contribution in [2.24, 2.45) is 16.7 Å². The first-order chi connectivity index (χ1) is 9.92. The van der Waals surface area contributed by atoms with Crippen molar-refractivity contribution in [2.45, 2.75) is 63.2 Å². The van der Waals surface area contributed by atoms with E-state index in [2.05, 4.69) is 0 Å². The summed E-state index contributed by atoms with van der Waals surface area (Å²) < 4.78 is 0. The van der Waals surface area contributed by atoms with Gasteiger partial charge in [0.05, 0.1) is 23.2 Å². The second kappa shape index (κ2) is 3.42. The molecule has 5 nitrogen and oxygen atoms in total. The van der Waals surface area contributed by atoms with E-state index in [0.717, 1.165) is 25.8 Å². The minimum atomic E-state index is -0.949. The number of aliphatic hydroxyl groups is 1. The molecule has 114 valence electrons. The maximum Gasteiger partial charge on any atom is 0.144 e. The molecule has 7 atom stereocenters. The number of carbonyl (C=O) groups excluding carboxylic acids is 2. The number of ketones is 2. The lowest BCUT2D eigenvalue weighted by Crippen LogP contribution is -2.60. The average molecular weight is 291 g/mol. The van der Waals surface area contributed by atoms with Gasteiger partial charge in [-0.15, -0.1) is 0 Å². The lowest BCUT2D eigenvalue weighted by molar-refractivity contribution is -0.160. The maximum absolute atomic E-state index is 13.1. The number of fused-ring (bicyclic) bond motifs is 3. The summed E-state index contributed by atoms with van der Waals surface area (Å²) in [6.07, 6.45) is 3.66. The van der Waals surface area contributed by atoms with Crippen molar-refractivity contribution in [3.05, 3.63) is 0 Å². The van der Waals surface area contributed by atoms with Crippen LogP contribution in [0, 0.1) is 16.7 Å². The molecule has 5 heteroatoms. The van der Waals surface area contributed by atoms with E-state index in [1.54, 1.807) is 6.92 Å². The van der Waals surface area contributed by atoms with Crippen molar-refractivity contribution in [3.8, 4) is 0 Å². The normalized spacial score (nSPS) is 61.0. The van der Waals surface area contributed by atoms with Crippen LogP contribution in [0.2, 0.25) is 0 Å². The third kappa shape index (κ3) is 1.12. The molecular formula is C16H21NO4. The van der Waals surface area contributed by atoms with Gasteiger partial charge in [-0.2, -0.15) is 5.06 Å². The van der Waals surface area contributed by atoms with Gasteiger partial charge in [-0.05, 0) is 38.5 Å². The predicted octanol–water partition coefficient (Wildman–Crippen LogP) is 0.844. The van der Waals surface area contributed by atoms with Gasteiger partial charge < -0.3 is 5.11 Å². The van der Waals surface area contributed by atoms with E-state index >= 15 is 0 Å². The highest BCUT2D eigenvalue weighted by Gasteiger charge is 2.82. The van der Waals surface area contributed by atoms with Crippen molar-refractivity contribution in [1.29, 1.82) is 0 Å². The molecule has 2 aliphatic heterocycles. The Bertz CT molecular complexity index is 573. The average Bonchev–Trinajstić information content (AvgIpc) is 3.08. The molecule has 3 saturated carbocycles. The first kappa shape index (κ1) is 12.7. The van der Waals surface area contributed by atoms with Gasteiger partial charge in [0, 0.05) is 24.8 Å². The van der Waals surface area contributed by atoms with Gasteiger partial charge >= 0.3 is 0 Å². The van der Waals surface area contributed by atoms with Crippen molar-refractivity contribution in [3.63, 3.8) is 0 Å². The Balaban J connectivity index is 1.71. The van der Waals surface area contributed by atoms with Gasteiger partial charge in [-0.25, -0.2) is 0 Å². The molecule has 0 aromatic carbocycles. The Morgan fingerprint density at radius 2 is 2.10 bits per heavy atom. The molecule has 2 spiro atoms. The second-order valence-corrected chi connectivity index (χ2v) is 8.04. The number of Topliss-reactive ketones (excluding diaryl/α,β-unsaturated/α-hetero) is 2. The van der Waals surface area contributed by atoms with Gasteiger partial charge in [0.15, 0.2) is 0 Å². The summed E-state index contributed by atoms with van der Waals surface area (Å²) in [4.78, 5) is 32.1. The van der Waals surface area contributed by atoms with Crippen LogP contribution in [0.25, 0.3) is 0 Å². The highest BCUT2D eigenvalue weighted by molar-refractivity contribution is 6.02. The fraction of sp³-hybridized carbons (Fsp3) is 0.875. The molecule has 3 unspecified atom stereocenters. The minimum Gasteiger partial charge on any atom is -0.390 e. The molecule has 5 rings (SSSR count). The fourth-order valence-electron chi connectivity index (χ4n) is 6.70. The summed E-state index contributed by atoms with van der Waals surface area (Å²) in [6.45, 7) is 2.62. The summed E-state index contributed by atoms with van der Waals surface area (Å²) in [7, 11) is 0. The third-order valence-electron chi connectivity index (χ3n) is 7.12. The standard InChI is InChI=1S/C16H21NO4/c1-14(20)7-9-6-11(18)16-10(17-5-3-13(16)21-17)2-4-15(9,16)12(19)8-14/h9-10,13,20H,2-8H2,1H3/t9-,10+,13?,14?,15-,16+/m1/s1. The number of hydrogen-bond donors (Lipinski definition) is 1. The van der Waals surface area contributed by atoms with E-state index in [0.29, 0.717) is 12.8 Å². The SMILES string of the molecule is CC1(O)CC(=O)[C@]23CC[C@@H]4N5CCC(O5)[C@@]42C(=O)C[C@@H]3C1. The summed E-state index contributed by atoms with van der Waals surface area (Å²) in [5.74, 6) is 0.359. The van der Waals surface area contributed by atoms with Gasteiger partial charge in [0.25, 0.3) is 0 Å². The maximum atomic E-state index is 13.1. The van der Waals surface area contributed by atoms with Crippen LogP contribution in [0.4, 0.5) is 0 Å². The lowest BCUT2D eigenvalue weighted by atomic mass is 9.53. The number of piperidine rings is 1. The smallest absolute Gasteiger partial charge is 0.144 e. The lowest BCUT2D eigenvalue weighted by Gasteiger charge is -2.49. The number of nitrogens with zero attached hydrogens (tertiary/aromatic N) is 1. The molecule has 1 N–H and O–H groups in total. The number of rotatable bonds is 0. The van der Waals surface area contributed by atoms with Crippen LogP contribution in [-0.2, 0) is 14.4 Å². The summed E-state index contributed by atoms with van der Waals surface area (Å²) >= 11 is 0. The van der Waals surface area contributed by atoms with E-state index in [1.165, 1.54) is 0 Å². The zero-order valence-electron chi connectivity index (χ0n) is 12.3. The molecular weight excluding hydrogens is 270 g/mol. The van der Waals surface area contributed by atoms with Gasteiger partial charge in [0.1, 0.15) is 11.6 Å². The number of hydroxylamine groups is 2. The third-order valence-corrected chi connectivity index (χ3v) is 7.12. The Morgan fingerprint density at radius 1 is 1.29 bits per heavy atom. The van der Waals surface area contributed by atoms with Crippen LogP contribution < -0.4 is 0 Å². The van der Waals surface area contributed by atoms with E-state index in [-0.39, 0.29) is 36.1 Å². The molecule has 0 aromatic heterocycles. The van der Waals surface area contributed by atoms with Crippen LogP contribution in [0.5, 0.6) is 0 Å². The highest BCUT2D eigenvalue weighted by atomic mass is 16.7. The molecule has 0 amide bonds. The van der Waals surface area contributed by atoms with Gasteiger partial charge in [-0.1, -0.05) is 0 Å². The van der Waals surface area contributed by atoms with Crippen molar-refractivity contribution in [2.75, 3.05) is 6.54 Å². The van der Waals surface area contributed by atoms with Crippen molar-refractivity contribution >= 4 is 11.6 Å². The largest absolute Gasteiger partial charge is 0.390 e. The van der Waals surface area contributed by atoms with E-state index in [9.17, 15) is 14.7 Å². The molecule has 21 heavy (non-hydrogen) atoms. The quantitative estimate of drug-likeness (QED) is 0.716. The Morgan fingerprint density at radius 3 is 2.90 bits per heavy atom. The molecule has 5 aliphatic rings. The first-order valence-corrected chi connectivity index (χ1v) is 8.14. The molecule has 2 heterocycles.